The van der Waals surface area contributed by atoms with E-state index in [-0.39, 0.29) is 11.9 Å². The second-order valence-electron chi connectivity index (χ2n) is 8.09. The van der Waals surface area contributed by atoms with E-state index in [2.05, 4.69) is 61.6 Å². The van der Waals surface area contributed by atoms with E-state index in [4.69, 9.17) is 4.98 Å². The van der Waals surface area contributed by atoms with Gasteiger partial charge in [0.25, 0.3) is 5.91 Å². The van der Waals surface area contributed by atoms with Gasteiger partial charge in [0.15, 0.2) is 5.13 Å². The second-order valence-corrected chi connectivity index (χ2v) is 9.13. The third kappa shape index (κ3) is 4.22. The number of hydrogen-bond acceptors (Lipinski definition) is 9. The highest BCUT2D eigenvalue weighted by molar-refractivity contribution is 7.18. The molecule has 1 amide bonds. The maximum atomic E-state index is 12.7. The Bertz CT molecular complexity index is 1300. The lowest BCUT2D eigenvalue weighted by Gasteiger charge is -2.43. The van der Waals surface area contributed by atoms with Gasteiger partial charge in [-0.15, -0.1) is 0 Å². The molecule has 1 fully saturated rings. The van der Waals surface area contributed by atoms with E-state index < -0.39 is 0 Å². The molecule has 1 aliphatic heterocycles. The van der Waals surface area contributed by atoms with Crippen LogP contribution in [0.25, 0.3) is 21.3 Å². The van der Waals surface area contributed by atoms with Crippen LogP contribution in [0.4, 0.5) is 16.9 Å². The normalized spacial score (nSPS) is 13.9. The molecule has 9 nitrogen and oxygen atoms in total. The van der Waals surface area contributed by atoms with Gasteiger partial charge in [0.1, 0.15) is 5.82 Å². The lowest BCUT2D eigenvalue weighted by Crippen LogP contribution is -2.57. The van der Waals surface area contributed by atoms with Crippen molar-refractivity contribution in [3.8, 4) is 10.4 Å². The first-order chi connectivity index (χ1) is 16.0. The van der Waals surface area contributed by atoms with E-state index in [1.165, 1.54) is 0 Å². The van der Waals surface area contributed by atoms with Gasteiger partial charge in [-0.1, -0.05) is 17.4 Å². The van der Waals surface area contributed by atoms with Crippen molar-refractivity contribution >= 4 is 45.0 Å². The van der Waals surface area contributed by atoms with Gasteiger partial charge in [0.05, 0.1) is 10.4 Å². The number of carbonyl (C=O) groups excluding carboxylic acids is 1. The predicted octanol–water partition coefficient (Wildman–Crippen LogP) is 3.19. The van der Waals surface area contributed by atoms with E-state index in [9.17, 15) is 4.79 Å². The Hall–Kier alpha value is -3.63. The maximum absolute atomic E-state index is 12.7. The number of thiazole rings is 1. The zero-order valence-electron chi connectivity index (χ0n) is 18.6. The van der Waals surface area contributed by atoms with Gasteiger partial charge in [-0.25, -0.2) is 9.97 Å². The van der Waals surface area contributed by atoms with Crippen LogP contribution in [0.2, 0.25) is 0 Å². The van der Waals surface area contributed by atoms with Crippen LogP contribution in [-0.4, -0.2) is 71.0 Å². The minimum absolute atomic E-state index is 0.269. The molecule has 10 heteroatoms. The first-order valence-corrected chi connectivity index (χ1v) is 11.4. The molecule has 1 aliphatic rings. The molecule has 33 heavy (non-hydrogen) atoms. The van der Waals surface area contributed by atoms with Crippen molar-refractivity contribution in [2.45, 2.75) is 6.04 Å². The van der Waals surface area contributed by atoms with Crippen LogP contribution in [0.1, 0.15) is 10.4 Å². The Morgan fingerprint density at radius 2 is 1.94 bits per heavy atom. The molecule has 0 saturated carbocycles. The number of carbonyl (C=O) groups is 1. The van der Waals surface area contributed by atoms with Crippen LogP contribution in [0.5, 0.6) is 0 Å². The molecule has 1 aromatic carbocycles. The minimum Gasteiger partial charge on any atom is -0.365 e. The number of amides is 1. The zero-order chi connectivity index (χ0) is 22.9. The largest absolute Gasteiger partial charge is 0.365 e. The monoisotopic (exact) mass is 460 g/mol. The summed E-state index contributed by atoms with van der Waals surface area (Å²) in [6.07, 6.45) is 5.02. The molecule has 4 aromatic rings. The van der Waals surface area contributed by atoms with Crippen molar-refractivity contribution in [3.05, 3.63) is 54.5 Å². The zero-order valence-corrected chi connectivity index (χ0v) is 19.4. The number of aromatic nitrogens is 4. The highest BCUT2D eigenvalue weighted by Crippen LogP contribution is 2.34. The van der Waals surface area contributed by atoms with Crippen LogP contribution in [-0.2, 0) is 0 Å². The van der Waals surface area contributed by atoms with Crippen LogP contribution in [0.15, 0.2) is 48.9 Å². The number of pyridine rings is 1. The molecule has 3 aromatic heterocycles. The van der Waals surface area contributed by atoms with Crippen molar-refractivity contribution in [2.24, 2.45) is 0 Å². The quantitative estimate of drug-likeness (QED) is 0.453. The second kappa shape index (κ2) is 8.72. The summed E-state index contributed by atoms with van der Waals surface area (Å²) < 4.78 is 0. The Morgan fingerprint density at radius 3 is 2.64 bits per heavy atom. The smallest absolute Gasteiger partial charge is 0.258 e. The maximum Gasteiger partial charge on any atom is 0.258 e. The Kier molecular flexibility index (Phi) is 5.61. The lowest BCUT2D eigenvalue weighted by atomic mass is 10.1. The van der Waals surface area contributed by atoms with Gasteiger partial charge in [0.2, 0.25) is 5.95 Å². The first-order valence-electron chi connectivity index (χ1n) is 10.6. The fraction of sp³-hybridized carbons (Fsp3) is 0.261. The van der Waals surface area contributed by atoms with Crippen molar-refractivity contribution in [1.29, 1.82) is 0 Å². The van der Waals surface area contributed by atoms with Crippen LogP contribution >= 0.6 is 11.3 Å². The number of hydrogen-bond donors (Lipinski definition) is 2. The predicted molar refractivity (Wildman–Crippen MR) is 132 cm³/mol. The molecular formula is C23H24N8OS. The van der Waals surface area contributed by atoms with E-state index in [0.717, 1.165) is 45.4 Å². The summed E-state index contributed by atoms with van der Waals surface area (Å²) in [5, 5.41) is 7.74. The van der Waals surface area contributed by atoms with Gasteiger partial charge in [-0.2, -0.15) is 4.98 Å². The number of rotatable bonds is 6. The third-order valence-electron chi connectivity index (χ3n) is 5.74. The third-order valence-corrected chi connectivity index (χ3v) is 6.80. The summed E-state index contributed by atoms with van der Waals surface area (Å²) in [6, 6.07) is 9.95. The van der Waals surface area contributed by atoms with E-state index in [1.807, 2.05) is 19.3 Å². The fourth-order valence-electron chi connectivity index (χ4n) is 3.72. The molecule has 0 bridgehead atoms. The molecule has 0 unspecified atom stereocenters. The SMILES string of the molecule is CNc1ncc(-c2ccc3c(N4CC(N(C)C)C4)nc(NC(=O)c4ccncc4)nc3c2)s1. The van der Waals surface area contributed by atoms with Crippen molar-refractivity contribution in [3.63, 3.8) is 0 Å². The van der Waals surface area contributed by atoms with Crippen molar-refractivity contribution in [2.75, 3.05) is 49.8 Å². The average molecular weight is 461 g/mol. The number of likely N-dealkylation sites (N-methyl/N-ethyl adjacent to an activating group) is 1. The lowest BCUT2D eigenvalue weighted by molar-refractivity contribution is 0.102. The molecule has 2 N–H and O–H groups in total. The van der Waals surface area contributed by atoms with Crippen molar-refractivity contribution in [1.82, 2.24) is 24.8 Å². The van der Waals surface area contributed by atoms with Gasteiger partial charge in [-0.3, -0.25) is 15.1 Å². The molecular weight excluding hydrogens is 436 g/mol. The summed E-state index contributed by atoms with van der Waals surface area (Å²) in [5.41, 5.74) is 2.30. The van der Waals surface area contributed by atoms with Gasteiger partial charge < -0.3 is 15.1 Å². The summed E-state index contributed by atoms with van der Waals surface area (Å²) in [4.78, 5) is 36.0. The van der Waals surface area contributed by atoms with E-state index in [0.29, 0.717) is 11.6 Å². The van der Waals surface area contributed by atoms with Crippen LogP contribution in [0.3, 0.4) is 0 Å². The molecule has 0 aliphatic carbocycles. The number of nitrogens with zero attached hydrogens (tertiary/aromatic N) is 6. The van der Waals surface area contributed by atoms with E-state index in [1.54, 1.807) is 35.9 Å². The molecule has 5 rings (SSSR count). The highest BCUT2D eigenvalue weighted by Gasteiger charge is 2.31. The van der Waals surface area contributed by atoms with Crippen LogP contribution in [0, 0.1) is 0 Å². The highest BCUT2D eigenvalue weighted by atomic mass is 32.1. The summed E-state index contributed by atoms with van der Waals surface area (Å²) >= 11 is 1.58. The number of benzene rings is 1. The number of fused-ring (bicyclic) bond motifs is 1. The standard InChI is InChI=1S/C23H24N8OS/c1-24-23-26-11-19(33-23)15-4-5-17-18(10-15)27-22(29-21(32)14-6-8-25-9-7-14)28-20(17)31-12-16(13-31)30(2)3/h4-11,16H,12-13H2,1-3H3,(H,24,26)(H,27,28,29,32). The molecule has 4 heterocycles. The molecule has 168 valence electrons. The molecule has 0 spiro atoms. The summed E-state index contributed by atoms with van der Waals surface area (Å²) in [6.45, 7) is 1.75. The molecule has 0 atom stereocenters. The summed E-state index contributed by atoms with van der Waals surface area (Å²) in [7, 11) is 6.02. The average Bonchev–Trinajstić information content (AvgIpc) is 3.27. The fourth-order valence-corrected chi connectivity index (χ4v) is 4.48. The van der Waals surface area contributed by atoms with Gasteiger partial charge >= 0.3 is 0 Å². The Balaban J connectivity index is 1.53. The van der Waals surface area contributed by atoms with Crippen molar-refractivity contribution < 1.29 is 4.79 Å². The topological polar surface area (TPSA) is 99.2 Å². The first kappa shape index (κ1) is 21.2. The summed E-state index contributed by atoms with van der Waals surface area (Å²) in [5.74, 6) is 0.842. The Morgan fingerprint density at radius 1 is 1.15 bits per heavy atom. The van der Waals surface area contributed by atoms with Gasteiger partial charge in [-0.05, 0) is 43.9 Å². The number of nitrogens with one attached hydrogen (secondary N) is 2. The van der Waals surface area contributed by atoms with E-state index >= 15 is 0 Å². The van der Waals surface area contributed by atoms with Gasteiger partial charge in [0, 0.05) is 55.7 Å². The Labute approximate surface area is 195 Å². The molecule has 0 radical (unpaired) electrons. The number of anilines is 3. The minimum atomic E-state index is -0.269. The van der Waals surface area contributed by atoms with Crippen LogP contribution < -0.4 is 15.5 Å². The molecule has 1 saturated heterocycles.